The zero-order valence-electron chi connectivity index (χ0n) is 15.9. The van der Waals surface area contributed by atoms with Gasteiger partial charge in [-0.15, -0.1) is 0 Å². The van der Waals surface area contributed by atoms with E-state index in [9.17, 15) is 4.79 Å². The van der Waals surface area contributed by atoms with Crippen LogP contribution >= 0.6 is 12.2 Å². The number of benzene rings is 1. The number of hydrogen-bond donors (Lipinski definition) is 1. The molecular weight excluding hydrogens is 386 g/mol. The first-order valence-corrected chi connectivity index (χ1v) is 10.1. The molecule has 0 atom stereocenters. The summed E-state index contributed by atoms with van der Waals surface area (Å²) in [5, 5.41) is 12.3. The Morgan fingerprint density at radius 3 is 2.69 bits per heavy atom. The van der Waals surface area contributed by atoms with Gasteiger partial charge in [0.05, 0.1) is 11.6 Å². The monoisotopic (exact) mass is 407 g/mol. The third kappa shape index (κ3) is 4.33. The molecule has 4 rings (SSSR count). The number of thiocarbonyl (C=S) groups is 1. The zero-order chi connectivity index (χ0) is 20.2. The number of nitrogens with one attached hydrogen (secondary N) is 1. The van der Waals surface area contributed by atoms with Crippen LogP contribution in [-0.4, -0.2) is 22.0 Å². The van der Waals surface area contributed by atoms with Gasteiger partial charge in [-0.05, 0) is 61.5 Å². The number of carbonyl (C=O) groups is 1. The summed E-state index contributed by atoms with van der Waals surface area (Å²) >= 11 is 5.39. The fourth-order valence-corrected chi connectivity index (χ4v) is 4.03. The summed E-state index contributed by atoms with van der Waals surface area (Å²) in [4.78, 5) is 14.5. The van der Waals surface area contributed by atoms with Crippen molar-refractivity contribution in [1.29, 1.82) is 5.26 Å². The van der Waals surface area contributed by atoms with Gasteiger partial charge in [-0.3, -0.25) is 9.69 Å². The first-order chi connectivity index (χ1) is 14.1. The van der Waals surface area contributed by atoms with Gasteiger partial charge in [0.2, 0.25) is 0 Å². The maximum atomic E-state index is 12.8. The second kappa shape index (κ2) is 8.50. The van der Waals surface area contributed by atoms with E-state index in [-0.39, 0.29) is 18.6 Å². The topological polar surface area (TPSA) is 78.5 Å². The summed E-state index contributed by atoms with van der Waals surface area (Å²) in [7, 11) is 0. The minimum absolute atomic E-state index is 0.0892. The molecule has 2 aliphatic rings. The van der Waals surface area contributed by atoms with E-state index in [0.29, 0.717) is 33.6 Å². The van der Waals surface area contributed by atoms with Crippen LogP contribution in [0.4, 0.5) is 0 Å². The lowest BCUT2D eigenvalue weighted by Gasteiger charge is -2.29. The molecule has 1 saturated carbocycles. The molecule has 1 amide bonds. The molecule has 1 aliphatic carbocycles. The Balaban J connectivity index is 1.40. The molecule has 1 aliphatic heterocycles. The normalized spacial score (nSPS) is 18.7. The summed E-state index contributed by atoms with van der Waals surface area (Å²) in [6.45, 7) is 0.253. The molecule has 2 aromatic rings. The average Bonchev–Trinajstić information content (AvgIpc) is 3.31. The number of carbonyl (C=O) groups excluding carboxylic acids is 1. The van der Waals surface area contributed by atoms with Crippen LogP contribution in [0.2, 0.25) is 0 Å². The van der Waals surface area contributed by atoms with Gasteiger partial charge in [0, 0.05) is 12.1 Å². The highest BCUT2D eigenvalue weighted by Crippen LogP contribution is 2.27. The van der Waals surface area contributed by atoms with Crippen molar-refractivity contribution in [3.05, 3.63) is 59.2 Å². The fourth-order valence-electron chi connectivity index (χ4n) is 3.69. The molecular formula is C22H21N3O3S. The highest BCUT2D eigenvalue weighted by molar-refractivity contribution is 7.80. The Morgan fingerprint density at radius 2 is 1.97 bits per heavy atom. The van der Waals surface area contributed by atoms with E-state index in [1.807, 2.05) is 6.07 Å². The molecule has 0 unspecified atom stereocenters. The van der Waals surface area contributed by atoms with Crippen molar-refractivity contribution in [3.8, 4) is 11.8 Å². The van der Waals surface area contributed by atoms with Gasteiger partial charge < -0.3 is 14.5 Å². The lowest BCUT2D eigenvalue weighted by atomic mass is 9.94. The molecule has 0 radical (unpaired) electrons. The van der Waals surface area contributed by atoms with Crippen LogP contribution < -0.4 is 10.1 Å². The quantitative estimate of drug-likeness (QED) is 0.593. The van der Waals surface area contributed by atoms with Crippen molar-refractivity contribution < 1.29 is 13.9 Å². The summed E-state index contributed by atoms with van der Waals surface area (Å²) in [5.41, 5.74) is 1.02. The summed E-state index contributed by atoms with van der Waals surface area (Å²) in [6, 6.07) is 12.8. The summed E-state index contributed by atoms with van der Waals surface area (Å²) in [5.74, 6) is 1.76. The molecule has 29 heavy (non-hydrogen) atoms. The third-order valence-electron chi connectivity index (χ3n) is 5.18. The maximum Gasteiger partial charge on any atom is 0.276 e. The second-order valence-corrected chi connectivity index (χ2v) is 7.57. The minimum atomic E-state index is -0.0892. The summed E-state index contributed by atoms with van der Waals surface area (Å²) in [6.07, 6.45) is 7.18. The van der Waals surface area contributed by atoms with E-state index in [4.69, 9.17) is 26.6 Å². The van der Waals surface area contributed by atoms with E-state index in [0.717, 1.165) is 25.7 Å². The third-order valence-corrected chi connectivity index (χ3v) is 5.48. The van der Waals surface area contributed by atoms with Gasteiger partial charge in [0.1, 0.15) is 29.6 Å². The van der Waals surface area contributed by atoms with Gasteiger partial charge in [-0.2, -0.15) is 5.26 Å². The van der Waals surface area contributed by atoms with E-state index in [1.165, 1.54) is 6.42 Å². The molecule has 0 bridgehead atoms. The molecule has 7 heteroatoms. The lowest BCUT2D eigenvalue weighted by Crippen LogP contribution is -2.41. The number of nitrogens with zero attached hydrogens (tertiary/aromatic N) is 2. The molecule has 2 fully saturated rings. The second-order valence-electron chi connectivity index (χ2n) is 7.18. The average molecular weight is 407 g/mol. The molecule has 6 nitrogen and oxygen atoms in total. The molecule has 2 heterocycles. The smallest absolute Gasteiger partial charge is 0.276 e. The Hall–Kier alpha value is -3.11. The maximum absolute atomic E-state index is 12.8. The first-order valence-electron chi connectivity index (χ1n) is 9.72. The minimum Gasteiger partial charge on any atom is -0.486 e. The molecule has 1 aromatic carbocycles. The number of amides is 1. The van der Waals surface area contributed by atoms with Crippen molar-refractivity contribution >= 4 is 29.3 Å². The fraction of sp³-hybridized carbons (Fsp3) is 0.318. The van der Waals surface area contributed by atoms with Gasteiger partial charge >= 0.3 is 0 Å². The van der Waals surface area contributed by atoms with Crippen LogP contribution in [0.1, 0.15) is 49.2 Å². The molecule has 1 saturated heterocycles. The zero-order valence-corrected chi connectivity index (χ0v) is 16.7. The number of nitriles is 1. The summed E-state index contributed by atoms with van der Waals surface area (Å²) < 4.78 is 11.4. The van der Waals surface area contributed by atoms with E-state index >= 15 is 0 Å². The largest absolute Gasteiger partial charge is 0.486 e. The standard InChI is InChI=1S/C22H21N3O3S/c23-13-15-6-8-17(9-7-15)27-14-19-11-10-18(28-19)12-20-21(26)25(22(29)24-20)16-4-2-1-3-5-16/h6-12,16H,1-5,14H2,(H,24,29)/b20-12+. The highest BCUT2D eigenvalue weighted by atomic mass is 32.1. The van der Waals surface area contributed by atoms with Crippen molar-refractivity contribution in [2.75, 3.05) is 0 Å². The molecule has 1 N–H and O–H groups in total. The predicted octanol–water partition coefficient (Wildman–Crippen LogP) is 4.12. The Bertz CT molecular complexity index is 981. The van der Waals surface area contributed by atoms with Crippen LogP contribution in [0, 0.1) is 11.3 Å². The number of furan rings is 1. The van der Waals surface area contributed by atoms with Crippen LogP contribution in [0.15, 0.2) is 46.5 Å². The molecule has 1 aromatic heterocycles. The van der Waals surface area contributed by atoms with Crippen LogP contribution in [0.5, 0.6) is 5.75 Å². The lowest BCUT2D eigenvalue weighted by molar-refractivity contribution is -0.124. The van der Waals surface area contributed by atoms with Gasteiger partial charge in [0.15, 0.2) is 5.11 Å². The predicted molar refractivity (Wildman–Crippen MR) is 112 cm³/mol. The van der Waals surface area contributed by atoms with E-state index in [1.54, 1.807) is 41.3 Å². The van der Waals surface area contributed by atoms with E-state index in [2.05, 4.69) is 11.4 Å². The van der Waals surface area contributed by atoms with Crippen LogP contribution in [-0.2, 0) is 11.4 Å². The van der Waals surface area contributed by atoms with Crippen molar-refractivity contribution in [2.45, 2.75) is 44.8 Å². The van der Waals surface area contributed by atoms with Gasteiger partial charge in [0.25, 0.3) is 5.91 Å². The SMILES string of the molecule is N#Cc1ccc(OCc2ccc(/C=C3/NC(=S)N(C4CCCCC4)C3=O)o2)cc1. The van der Waals surface area contributed by atoms with Gasteiger partial charge in [-0.1, -0.05) is 19.3 Å². The molecule has 0 spiro atoms. The number of hydrogen-bond acceptors (Lipinski definition) is 5. The van der Waals surface area contributed by atoms with Crippen LogP contribution in [0.25, 0.3) is 6.08 Å². The highest BCUT2D eigenvalue weighted by Gasteiger charge is 2.36. The van der Waals surface area contributed by atoms with Crippen molar-refractivity contribution in [3.63, 3.8) is 0 Å². The Labute approximate surface area is 174 Å². The molecule has 148 valence electrons. The first kappa shape index (κ1) is 19.2. The Kier molecular flexibility index (Phi) is 5.63. The van der Waals surface area contributed by atoms with Crippen molar-refractivity contribution in [1.82, 2.24) is 10.2 Å². The van der Waals surface area contributed by atoms with E-state index < -0.39 is 0 Å². The van der Waals surface area contributed by atoms with Crippen molar-refractivity contribution in [2.24, 2.45) is 0 Å². The van der Waals surface area contributed by atoms with Gasteiger partial charge in [-0.25, -0.2) is 0 Å². The number of rotatable bonds is 5. The Morgan fingerprint density at radius 1 is 1.21 bits per heavy atom. The number of ether oxygens (including phenoxy) is 1. The van der Waals surface area contributed by atoms with Crippen LogP contribution in [0.3, 0.4) is 0 Å².